The van der Waals surface area contributed by atoms with Crippen molar-refractivity contribution in [3.8, 4) is 11.8 Å². The van der Waals surface area contributed by atoms with Crippen LogP contribution in [-0.2, 0) is 0 Å². The molecular weight excluding hydrogens is 239 g/mol. The van der Waals surface area contributed by atoms with E-state index in [9.17, 15) is 13.2 Å². The highest BCUT2D eigenvalue weighted by molar-refractivity contribution is 5.49. The van der Waals surface area contributed by atoms with Crippen LogP contribution in [0, 0.1) is 29.3 Å². The smallest absolute Gasteiger partial charge is 0.161 e. The summed E-state index contributed by atoms with van der Waals surface area (Å²) < 4.78 is 38.9. The molecule has 0 aliphatic carbocycles. The van der Waals surface area contributed by atoms with Gasteiger partial charge in [-0.15, -0.1) is 0 Å². The Hall–Kier alpha value is -2.41. The first-order valence-corrected chi connectivity index (χ1v) is 5.08. The van der Waals surface area contributed by atoms with Crippen molar-refractivity contribution in [3.63, 3.8) is 0 Å². The largest absolute Gasteiger partial charge is 0.399 e. The van der Waals surface area contributed by atoms with Gasteiger partial charge in [0.1, 0.15) is 5.82 Å². The molecule has 4 heteroatoms. The molecule has 0 spiro atoms. The van der Waals surface area contributed by atoms with Crippen LogP contribution in [-0.4, -0.2) is 0 Å². The van der Waals surface area contributed by atoms with Gasteiger partial charge in [-0.05, 0) is 24.3 Å². The van der Waals surface area contributed by atoms with E-state index < -0.39 is 17.5 Å². The lowest BCUT2D eigenvalue weighted by atomic mass is 10.1. The van der Waals surface area contributed by atoms with Gasteiger partial charge in [-0.1, -0.05) is 17.9 Å². The fourth-order valence-corrected chi connectivity index (χ4v) is 1.37. The number of anilines is 1. The second-order valence-corrected chi connectivity index (χ2v) is 3.62. The third-order valence-electron chi connectivity index (χ3n) is 2.24. The Kier molecular flexibility index (Phi) is 3.24. The predicted molar refractivity (Wildman–Crippen MR) is 63.2 cm³/mol. The number of halogens is 3. The Labute approximate surface area is 102 Å². The Morgan fingerprint density at radius 1 is 0.833 bits per heavy atom. The van der Waals surface area contributed by atoms with Crippen molar-refractivity contribution in [2.24, 2.45) is 0 Å². The number of nitrogen functional groups attached to an aromatic ring is 1. The van der Waals surface area contributed by atoms with Crippen LogP contribution >= 0.6 is 0 Å². The first-order chi connectivity index (χ1) is 8.56. The molecule has 0 saturated heterocycles. The van der Waals surface area contributed by atoms with Gasteiger partial charge in [-0.3, -0.25) is 0 Å². The summed E-state index contributed by atoms with van der Waals surface area (Å²) in [7, 11) is 0. The Balaban J connectivity index is 2.38. The third-order valence-corrected chi connectivity index (χ3v) is 2.24. The second kappa shape index (κ2) is 4.84. The van der Waals surface area contributed by atoms with Gasteiger partial charge in [0.15, 0.2) is 11.6 Å². The maximum absolute atomic E-state index is 13.3. The molecule has 0 aliphatic rings. The first kappa shape index (κ1) is 12.1. The fourth-order valence-electron chi connectivity index (χ4n) is 1.37. The van der Waals surface area contributed by atoms with E-state index in [1.807, 2.05) is 0 Å². The van der Waals surface area contributed by atoms with Crippen LogP contribution in [0.4, 0.5) is 18.9 Å². The standard InChI is InChI=1S/C14H8F3N/c15-12-8-14(17)13(16)7-10(12)5-4-9-2-1-3-11(18)6-9/h1-3,6-8H,18H2. The monoisotopic (exact) mass is 247 g/mol. The van der Waals surface area contributed by atoms with E-state index >= 15 is 0 Å². The number of nitrogens with two attached hydrogens (primary N) is 1. The summed E-state index contributed by atoms with van der Waals surface area (Å²) in [5, 5.41) is 0. The van der Waals surface area contributed by atoms with E-state index in [-0.39, 0.29) is 5.56 Å². The molecule has 0 unspecified atom stereocenters. The molecule has 0 fully saturated rings. The topological polar surface area (TPSA) is 26.0 Å². The van der Waals surface area contributed by atoms with E-state index in [0.717, 1.165) is 6.07 Å². The molecule has 2 N–H and O–H groups in total. The van der Waals surface area contributed by atoms with Crippen molar-refractivity contribution in [3.05, 3.63) is 65.0 Å². The molecule has 90 valence electrons. The number of hydrogen-bond donors (Lipinski definition) is 1. The van der Waals surface area contributed by atoms with Gasteiger partial charge in [0, 0.05) is 17.3 Å². The van der Waals surface area contributed by atoms with Crippen LogP contribution in [0.5, 0.6) is 0 Å². The lowest BCUT2D eigenvalue weighted by Gasteiger charge is -1.96. The number of benzene rings is 2. The Morgan fingerprint density at radius 3 is 2.28 bits per heavy atom. The average molecular weight is 247 g/mol. The molecule has 0 saturated carbocycles. The molecular formula is C14H8F3N. The average Bonchev–Trinajstić information content (AvgIpc) is 2.32. The summed E-state index contributed by atoms with van der Waals surface area (Å²) >= 11 is 0. The molecule has 0 heterocycles. The lowest BCUT2D eigenvalue weighted by molar-refractivity contribution is 0.494. The van der Waals surface area contributed by atoms with Crippen LogP contribution in [0.3, 0.4) is 0 Å². The minimum absolute atomic E-state index is 0.198. The van der Waals surface area contributed by atoms with Crippen LogP contribution < -0.4 is 5.73 Å². The minimum atomic E-state index is -1.23. The molecule has 0 aromatic heterocycles. The van der Waals surface area contributed by atoms with Crippen molar-refractivity contribution in [2.45, 2.75) is 0 Å². The SMILES string of the molecule is Nc1cccc(C#Cc2cc(F)c(F)cc2F)c1. The molecule has 0 radical (unpaired) electrons. The zero-order chi connectivity index (χ0) is 13.1. The van der Waals surface area contributed by atoms with Crippen molar-refractivity contribution in [1.82, 2.24) is 0 Å². The molecule has 2 aromatic rings. The minimum Gasteiger partial charge on any atom is -0.399 e. The van der Waals surface area contributed by atoms with Crippen molar-refractivity contribution >= 4 is 5.69 Å². The summed E-state index contributed by atoms with van der Waals surface area (Å²) in [6.45, 7) is 0. The number of rotatable bonds is 0. The van der Waals surface area contributed by atoms with Gasteiger partial charge in [0.2, 0.25) is 0 Å². The zero-order valence-electron chi connectivity index (χ0n) is 9.18. The van der Waals surface area contributed by atoms with Crippen LogP contribution in [0.15, 0.2) is 36.4 Å². The molecule has 2 aromatic carbocycles. The summed E-state index contributed by atoms with van der Waals surface area (Å²) in [5.74, 6) is 1.80. The Morgan fingerprint density at radius 2 is 1.56 bits per heavy atom. The van der Waals surface area contributed by atoms with Gasteiger partial charge < -0.3 is 5.73 Å². The Bertz CT molecular complexity index is 654. The summed E-state index contributed by atoms with van der Waals surface area (Å²) in [6, 6.07) is 7.86. The quantitative estimate of drug-likeness (QED) is 0.432. The summed E-state index contributed by atoms with van der Waals surface area (Å²) in [6.07, 6.45) is 0. The first-order valence-electron chi connectivity index (χ1n) is 5.08. The summed E-state index contributed by atoms with van der Waals surface area (Å²) in [4.78, 5) is 0. The van der Waals surface area contributed by atoms with Crippen LogP contribution in [0.2, 0.25) is 0 Å². The zero-order valence-corrected chi connectivity index (χ0v) is 9.18. The predicted octanol–water partition coefficient (Wildman–Crippen LogP) is 3.09. The van der Waals surface area contributed by atoms with Crippen molar-refractivity contribution in [1.29, 1.82) is 0 Å². The molecule has 1 nitrogen and oxygen atoms in total. The maximum Gasteiger partial charge on any atom is 0.161 e. The molecule has 0 aliphatic heterocycles. The molecule has 0 atom stereocenters. The van der Waals surface area contributed by atoms with Gasteiger partial charge in [-0.25, -0.2) is 13.2 Å². The van der Waals surface area contributed by atoms with Gasteiger partial charge in [0.25, 0.3) is 0 Å². The van der Waals surface area contributed by atoms with Gasteiger partial charge in [0.05, 0.1) is 5.56 Å². The number of hydrogen-bond acceptors (Lipinski definition) is 1. The van der Waals surface area contributed by atoms with Crippen LogP contribution in [0.1, 0.15) is 11.1 Å². The van der Waals surface area contributed by atoms with E-state index in [4.69, 9.17) is 5.73 Å². The highest BCUT2D eigenvalue weighted by atomic mass is 19.2. The van der Waals surface area contributed by atoms with Crippen molar-refractivity contribution in [2.75, 3.05) is 5.73 Å². The van der Waals surface area contributed by atoms with Gasteiger partial charge >= 0.3 is 0 Å². The molecule has 2 rings (SSSR count). The molecule has 0 bridgehead atoms. The highest BCUT2D eigenvalue weighted by Crippen LogP contribution is 2.13. The highest BCUT2D eigenvalue weighted by Gasteiger charge is 2.07. The lowest BCUT2D eigenvalue weighted by Crippen LogP contribution is -1.91. The fraction of sp³-hybridized carbons (Fsp3) is 0. The maximum atomic E-state index is 13.3. The summed E-state index contributed by atoms with van der Waals surface area (Å²) in [5.41, 5.74) is 6.44. The van der Waals surface area contributed by atoms with Crippen molar-refractivity contribution < 1.29 is 13.2 Å². The van der Waals surface area contributed by atoms with E-state index in [0.29, 0.717) is 17.3 Å². The molecule has 0 amide bonds. The molecule has 18 heavy (non-hydrogen) atoms. The third kappa shape index (κ3) is 2.64. The van der Waals surface area contributed by atoms with E-state index in [2.05, 4.69) is 11.8 Å². The van der Waals surface area contributed by atoms with E-state index in [1.165, 1.54) is 0 Å². The van der Waals surface area contributed by atoms with Crippen LogP contribution in [0.25, 0.3) is 0 Å². The second-order valence-electron chi connectivity index (χ2n) is 3.62. The van der Waals surface area contributed by atoms with E-state index in [1.54, 1.807) is 24.3 Å². The normalized spacial score (nSPS) is 9.72. The van der Waals surface area contributed by atoms with Gasteiger partial charge in [-0.2, -0.15) is 0 Å².